The number of benzene rings is 1. The number of ether oxygens (including phenoxy) is 2. The van der Waals surface area contributed by atoms with Crippen molar-refractivity contribution in [3.8, 4) is 11.4 Å². The van der Waals surface area contributed by atoms with Crippen molar-refractivity contribution in [3.05, 3.63) is 46.0 Å². The molecule has 2 aliphatic rings. The van der Waals surface area contributed by atoms with Crippen molar-refractivity contribution < 1.29 is 19.1 Å². The van der Waals surface area contributed by atoms with Gasteiger partial charge in [0.05, 0.1) is 38.5 Å². The third kappa shape index (κ3) is 5.08. The number of H-pyrrole nitrogens is 1. The Bertz CT molecular complexity index is 1530. The van der Waals surface area contributed by atoms with Crippen LogP contribution in [0.25, 0.3) is 11.4 Å². The molecule has 6 rings (SSSR count). The largest absolute Gasteiger partial charge is 0.462 e. The number of carbonyl (C=O) groups excluding carboxylic acids is 2. The lowest BCUT2D eigenvalue weighted by molar-refractivity contribution is -0.117. The Kier molecular flexibility index (Phi) is 7.04. The van der Waals surface area contributed by atoms with Gasteiger partial charge >= 0.3 is 5.97 Å². The molecule has 15 heteroatoms. The molecule has 40 heavy (non-hydrogen) atoms. The maximum absolute atomic E-state index is 13.3. The molecular weight excluding hydrogens is 536 g/mol. The van der Waals surface area contributed by atoms with Crippen LogP contribution in [-0.4, -0.2) is 80.4 Å². The fraction of sp³-hybridized carbons (Fsp3) is 0.360. The van der Waals surface area contributed by atoms with Crippen LogP contribution in [0.5, 0.6) is 0 Å². The zero-order valence-electron chi connectivity index (χ0n) is 21.9. The Morgan fingerprint density at radius 1 is 1.15 bits per heavy atom. The number of nitrogens with one attached hydrogen (secondary N) is 2. The fourth-order valence-electron chi connectivity index (χ4n) is 4.63. The molecule has 0 aliphatic carbocycles. The quantitative estimate of drug-likeness (QED) is 0.302. The van der Waals surface area contributed by atoms with Crippen LogP contribution in [0.3, 0.4) is 0 Å². The van der Waals surface area contributed by atoms with Crippen molar-refractivity contribution in [2.24, 2.45) is 0 Å². The van der Waals surface area contributed by atoms with Crippen LogP contribution in [-0.2, 0) is 27.2 Å². The number of hydrogen-bond donors (Lipinski definition) is 2. The molecule has 2 N–H and O–H groups in total. The first-order valence-electron chi connectivity index (χ1n) is 12.8. The van der Waals surface area contributed by atoms with E-state index in [1.807, 2.05) is 24.3 Å². The van der Waals surface area contributed by atoms with Crippen LogP contribution in [0.2, 0.25) is 0 Å². The zero-order valence-corrected chi connectivity index (χ0v) is 22.7. The van der Waals surface area contributed by atoms with E-state index in [-0.39, 0.29) is 24.9 Å². The van der Waals surface area contributed by atoms with Gasteiger partial charge in [0.15, 0.2) is 11.0 Å². The monoisotopic (exact) mass is 562 g/mol. The first-order valence-corrected chi connectivity index (χ1v) is 13.6. The van der Waals surface area contributed by atoms with E-state index in [0.29, 0.717) is 66.0 Å². The number of fused-ring (bicyclic) bond motifs is 1. The number of anilines is 4. The number of aromatic amines is 1. The summed E-state index contributed by atoms with van der Waals surface area (Å²) in [5.41, 5.74) is 3.10. The molecule has 3 aromatic heterocycles. The second-order valence-corrected chi connectivity index (χ2v) is 10.2. The highest BCUT2D eigenvalue weighted by Crippen LogP contribution is 2.37. The second kappa shape index (κ2) is 10.9. The summed E-state index contributed by atoms with van der Waals surface area (Å²) >= 11 is 1.17. The van der Waals surface area contributed by atoms with Gasteiger partial charge in [-0.25, -0.2) is 14.9 Å². The molecule has 0 unspecified atom stereocenters. The van der Waals surface area contributed by atoms with Crippen LogP contribution in [0.4, 0.5) is 22.7 Å². The number of esters is 1. The van der Waals surface area contributed by atoms with Gasteiger partial charge in [0.25, 0.3) is 0 Å². The Morgan fingerprint density at radius 3 is 2.65 bits per heavy atom. The lowest BCUT2D eigenvalue weighted by atomic mass is 10.1. The van der Waals surface area contributed by atoms with Crippen LogP contribution in [0.1, 0.15) is 33.4 Å². The molecule has 0 spiro atoms. The van der Waals surface area contributed by atoms with E-state index in [4.69, 9.17) is 19.4 Å². The number of morpholine rings is 1. The third-order valence-electron chi connectivity index (χ3n) is 6.55. The van der Waals surface area contributed by atoms with Gasteiger partial charge in [0.2, 0.25) is 11.9 Å². The average Bonchev–Trinajstić information content (AvgIpc) is 3.70. The summed E-state index contributed by atoms with van der Waals surface area (Å²) in [6, 6.07) is 7.66. The van der Waals surface area contributed by atoms with Crippen molar-refractivity contribution >= 4 is 45.9 Å². The molecule has 1 aromatic carbocycles. The summed E-state index contributed by atoms with van der Waals surface area (Å²) in [5.74, 6) is 1.62. The van der Waals surface area contributed by atoms with Gasteiger partial charge in [-0.3, -0.25) is 15.0 Å². The van der Waals surface area contributed by atoms with Gasteiger partial charge in [-0.05, 0) is 29.8 Å². The van der Waals surface area contributed by atoms with Crippen LogP contribution < -0.4 is 15.1 Å². The number of tetrazole rings is 1. The molecule has 0 saturated carbocycles. The van der Waals surface area contributed by atoms with Crippen molar-refractivity contribution in [2.75, 3.05) is 48.0 Å². The summed E-state index contributed by atoms with van der Waals surface area (Å²) in [4.78, 5) is 43.8. The first-order chi connectivity index (χ1) is 19.5. The Hall–Kier alpha value is -4.50. The van der Waals surface area contributed by atoms with E-state index in [2.05, 4.69) is 35.8 Å². The summed E-state index contributed by atoms with van der Waals surface area (Å²) < 4.78 is 10.7. The maximum Gasteiger partial charge on any atom is 0.350 e. The standard InChI is InChI=1S/C25H26N10O4S/c1-3-39-23(37)19-14(2)26-25(40-19)29-24-27-21(34-8-10-38-11-9-34)17-12-18(36)35(22(17)28-24)13-15-4-6-16(7-5-15)20-30-32-33-31-20/h4-7H,3,8-13H2,1-2H3,(H,26,27,28,29)(H,30,31,32,33). The van der Waals surface area contributed by atoms with Gasteiger partial charge in [-0.2, -0.15) is 9.97 Å². The van der Waals surface area contributed by atoms with Crippen LogP contribution in [0.15, 0.2) is 24.3 Å². The number of aryl methyl sites for hydroxylation is 1. The minimum Gasteiger partial charge on any atom is -0.462 e. The summed E-state index contributed by atoms with van der Waals surface area (Å²) in [7, 11) is 0. The molecule has 4 aromatic rings. The number of rotatable bonds is 8. The Balaban J connectivity index is 1.32. The molecule has 14 nitrogen and oxygen atoms in total. The van der Waals surface area contributed by atoms with E-state index in [1.54, 1.807) is 18.7 Å². The smallest absolute Gasteiger partial charge is 0.350 e. The first kappa shape index (κ1) is 25.8. The predicted octanol–water partition coefficient (Wildman–Crippen LogP) is 2.27. The number of aromatic nitrogens is 7. The van der Waals surface area contributed by atoms with Crippen molar-refractivity contribution in [2.45, 2.75) is 26.8 Å². The molecule has 5 heterocycles. The SMILES string of the molecule is CCOC(=O)c1sc(Nc2nc(N3CCOCC3)c3c(n2)N(Cc2ccc(-c4nnn[nH]4)cc2)C(=O)C3)nc1C. The van der Waals surface area contributed by atoms with Crippen LogP contribution >= 0.6 is 11.3 Å². The second-order valence-electron chi connectivity index (χ2n) is 9.15. The van der Waals surface area contributed by atoms with Gasteiger partial charge in [0, 0.05) is 24.2 Å². The highest BCUT2D eigenvalue weighted by Gasteiger charge is 2.35. The Morgan fingerprint density at radius 2 is 1.93 bits per heavy atom. The molecule has 0 atom stereocenters. The number of thiazole rings is 1. The highest BCUT2D eigenvalue weighted by atomic mass is 32.1. The normalized spacial score (nSPS) is 14.9. The molecule has 1 amide bonds. The predicted molar refractivity (Wildman–Crippen MR) is 146 cm³/mol. The number of hydrogen-bond acceptors (Lipinski definition) is 13. The number of nitrogens with zero attached hydrogens (tertiary/aromatic N) is 8. The van der Waals surface area contributed by atoms with Crippen molar-refractivity contribution in [1.29, 1.82) is 0 Å². The zero-order chi connectivity index (χ0) is 27.6. The maximum atomic E-state index is 13.3. The average molecular weight is 563 g/mol. The fourth-order valence-corrected chi connectivity index (χ4v) is 5.48. The van der Waals surface area contributed by atoms with E-state index in [1.165, 1.54) is 11.3 Å². The molecule has 1 fully saturated rings. The summed E-state index contributed by atoms with van der Waals surface area (Å²) in [6.45, 7) is 6.57. The third-order valence-corrected chi connectivity index (χ3v) is 7.60. The lowest BCUT2D eigenvalue weighted by Crippen LogP contribution is -2.37. The molecule has 1 saturated heterocycles. The Labute approximate surface area is 232 Å². The number of carbonyl (C=O) groups is 2. The molecule has 2 aliphatic heterocycles. The highest BCUT2D eigenvalue weighted by molar-refractivity contribution is 7.17. The van der Waals surface area contributed by atoms with Gasteiger partial charge in [0.1, 0.15) is 16.5 Å². The van der Waals surface area contributed by atoms with Gasteiger partial charge in [-0.15, -0.1) is 5.10 Å². The molecular formula is C25H26N10O4S. The van der Waals surface area contributed by atoms with E-state index < -0.39 is 5.97 Å². The van der Waals surface area contributed by atoms with Crippen molar-refractivity contribution in [3.63, 3.8) is 0 Å². The topological polar surface area (TPSA) is 164 Å². The molecule has 206 valence electrons. The van der Waals surface area contributed by atoms with Gasteiger partial charge in [-0.1, -0.05) is 35.6 Å². The minimum absolute atomic E-state index is 0.0610. The van der Waals surface area contributed by atoms with E-state index in [0.717, 1.165) is 16.7 Å². The number of amides is 1. The van der Waals surface area contributed by atoms with E-state index in [9.17, 15) is 9.59 Å². The summed E-state index contributed by atoms with van der Waals surface area (Å²) in [5, 5.41) is 17.5. The van der Waals surface area contributed by atoms with Crippen molar-refractivity contribution in [1.82, 2.24) is 35.6 Å². The van der Waals surface area contributed by atoms with Crippen LogP contribution in [0, 0.1) is 6.92 Å². The molecule has 0 radical (unpaired) electrons. The lowest BCUT2D eigenvalue weighted by Gasteiger charge is -2.29. The van der Waals surface area contributed by atoms with E-state index >= 15 is 0 Å². The van der Waals surface area contributed by atoms with Gasteiger partial charge < -0.3 is 14.4 Å². The minimum atomic E-state index is -0.420. The summed E-state index contributed by atoms with van der Waals surface area (Å²) in [6.07, 6.45) is 0.202. The molecule has 0 bridgehead atoms.